The fraction of sp³-hybridized carbons (Fsp3) is 0.364. The maximum Gasteiger partial charge on any atom is 0.387 e. The number of ether oxygens (including phenoxy) is 1. The van der Waals surface area contributed by atoms with Crippen LogP contribution in [0, 0.1) is 5.92 Å². The minimum absolute atomic E-state index is 0.0912. The second-order valence-electron chi connectivity index (χ2n) is 3.59. The van der Waals surface area contributed by atoms with Crippen molar-refractivity contribution in [2.24, 2.45) is 11.7 Å². The summed E-state index contributed by atoms with van der Waals surface area (Å²) in [6, 6.07) is 6.02. The molecule has 0 aliphatic carbocycles. The van der Waals surface area contributed by atoms with Crippen LogP contribution in [-0.2, 0) is 4.79 Å². The summed E-state index contributed by atoms with van der Waals surface area (Å²) in [6.07, 6.45) is 0. The second-order valence-corrected chi connectivity index (χ2v) is 3.59. The van der Waals surface area contributed by atoms with Gasteiger partial charge in [0, 0.05) is 12.2 Å². The zero-order valence-electron chi connectivity index (χ0n) is 9.32. The van der Waals surface area contributed by atoms with Crippen LogP contribution in [0.5, 0.6) is 5.75 Å². The number of primary amides is 1. The number of rotatable bonds is 6. The molecule has 94 valence electrons. The van der Waals surface area contributed by atoms with Crippen LogP contribution in [-0.4, -0.2) is 19.1 Å². The Labute approximate surface area is 97.8 Å². The zero-order chi connectivity index (χ0) is 12.8. The molecule has 1 aromatic carbocycles. The maximum absolute atomic E-state index is 11.9. The molecule has 0 saturated heterocycles. The molecule has 0 fully saturated rings. The first-order valence-electron chi connectivity index (χ1n) is 5.07. The number of nitrogens with two attached hydrogens (primary N) is 1. The summed E-state index contributed by atoms with van der Waals surface area (Å²) in [6.45, 7) is -0.739. The van der Waals surface area contributed by atoms with Gasteiger partial charge in [0.05, 0.1) is 5.92 Å². The lowest BCUT2D eigenvalue weighted by Crippen LogP contribution is -2.26. The molecule has 17 heavy (non-hydrogen) atoms. The zero-order valence-corrected chi connectivity index (χ0v) is 9.32. The summed E-state index contributed by atoms with van der Waals surface area (Å²) >= 11 is 0. The molecule has 3 N–H and O–H groups in total. The van der Waals surface area contributed by atoms with E-state index in [0.717, 1.165) is 0 Å². The number of amides is 1. The Hall–Kier alpha value is -1.85. The summed E-state index contributed by atoms with van der Waals surface area (Å²) in [4.78, 5) is 10.8. The molecule has 6 heteroatoms. The van der Waals surface area contributed by atoms with Gasteiger partial charge in [-0.25, -0.2) is 0 Å². The number of alkyl halides is 2. The quantitative estimate of drug-likeness (QED) is 0.802. The molecule has 0 bridgehead atoms. The lowest BCUT2D eigenvalue weighted by atomic mass is 10.1. The van der Waals surface area contributed by atoms with Crippen molar-refractivity contribution in [3.8, 4) is 5.75 Å². The van der Waals surface area contributed by atoms with Gasteiger partial charge in [0.1, 0.15) is 5.75 Å². The Morgan fingerprint density at radius 1 is 1.41 bits per heavy atom. The molecule has 0 radical (unpaired) electrons. The normalized spacial score (nSPS) is 12.2. The lowest BCUT2D eigenvalue weighted by Gasteiger charge is -2.11. The van der Waals surface area contributed by atoms with Crippen LogP contribution in [0.15, 0.2) is 24.3 Å². The molecule has 0 aliphatic heterocycles. The van der Waals surface area contributed by atoms with Crippen molar-refractivity contribution in [3.63, 3.8) is 0 Å². The van der Waals surface area contributed by atoms with Gasteiger partial charge in [0.25, 0.3) is 0 Å². The van der Waals surface area contributed by atoms with E-state index >= 15 is 0 Å². The van der Waals surface area contributed by atoms with Gasteiger partial charge < -0.3 is 15.8 Å². The SMILES string of the molecule is CC(CNc1ccc(OC(F)F)cc1)C(N)=O. The predicted molar refractivity (Wildman–Crippen MR) is 59.9 cm³/mol. The molecule has 1 aromatic rings. The standard InChI is InChI=1S/C11H14F2N2O2/c1-7(10(14)16)6-15-8-2-4-9(5-3-8)17-11(12)13/h2-5,7,11,15H,6H2,1H3,(H2,14,16). The molecule has 1 unspecified atom stereocenters. The fourth-order valence-corrected chi connectivity index (χ4v) is 1.13. The number of nitrogens with one attached hydrogen (secondary N) is 1. The summed E-state index contributed by atoms with van der Waals surface area (Å²) in [7, 11) is 0. The van der Waals surface area contributed by atoms with E-state index in [1.165, 1.54) is 12.1 Å². The monoisotopic (exact) mass is 244 g/mol. The van der Waals surface area contributed by atoms with Crippen molar-refractivity contribution in [2.75, 3.05) is 11.9 Å². The molecule has 0 aliphatic rings. The first-order chi connectivity index (χ1) is 7.99. The first kappa shape index (κ1) is 13.2. The number of anilines is 1. The first-order valence-corrected chi connectivity index (χ1v) is 5.07. The highest BCUT2D eigenvalue weighted by atomic mass is 19.3. The summed E-state index contributed by atoms with van der Waals surface area (Å²) in [5.41, 5.74) is 5.80. The molecule has 1 rings (SSSR count). The number of hydrogen-bond donors (Lipinski definition) is 2. The number of halogens is 2. The molecule has 1 atom stereocenters. The van der Waals surface area contributed by atoms with Gasteiger partial charge in [0.15, 0.2) is 0 Å². The van der Waals surface area contributed by atoms with E-state index in [9.17, 15) is 13.6 Å². The Morgan fingerprint density at radius 2 is 2.00 bits per heavy atom. The Kier molecular flexibility index (Phi) is 4.68. The maximum atomic E-state index is 11.9. The van der Waals surface area contributed by atoms with Gasteiger partial charge in [-0.15, -0.1) is 0 Å². The number of carbonyl (C=O) groups excluding carboxylic acids is 1. The van der Waals surface area contributed by atoms with Crippen LogP contribution < -0.4 is 15.8 Å². The third-order valence-electron chi connectivity index (χ3n) is 2.18. The summed E-state index contributed by atoms with van der Waals surface area (Å²) in [5.74, 6) is -0.601. The Bertz CT molecular complexity index is 368. The van der Waals surface area contributed by atoms with E-state index in [2.05, 4.69) is 10.1 Å². The van der Waals surface area contributed by atoms with Crippen molar-refractivity contribution in [3.05, 3.63) is 24.3 Å². The van der Waals surface area contributed by atoms with Crippen molar-refractivity contribution in [1.29, 1.82) is 0 Å². The van der Waals surface area contributed by atoms with E-state index < -0.39 is 12.5 Å². The van der Waals surface area contributed by atoms with Crippen LogP contribution in [0.4, 0.5) is 14.5 Å². The van der Waals surface area contributed by atoms with Crippen LogP contribution >= 0.6 is 0 Å². The molecule has 0 aromatic heterocycles. The van der Waals surface area contributed by atoms with E-state index in [-0.39, 0.29) is 11.7 Å². The molecule has 0 spiro atoms. The van der Waals surface area contributed by atoms with Crippen molar-refractivity contribution in [1.82, 2.24) is 0 Å². The Balaban J connectivity index is 2.48. The molecule has 0 heterocycles. The van der Waals surface area contributed by atoms with Crippen LogP contribution in [0.25, 0.3) is 0 Å². The minimum Gasteiger partial charge on any atom is -0.435 e. The summed E-state index contributed by atoms with van der Waals surface area (Å²) < 4.78 is 27.9. The third kappa shape index (κ3) is 4.67. The van der Waals surface area contributed by atoms with Crippen LogP contribution in [0.2, 0.25) is 0 Å². The van der Waals surface area contributed by atoms with Gasteiger partial charge in [-0.05, 0) is 24.3 Å². The minimum atomic E-state index is -2.83. The van der Waals surface area contributed by atoms with Crippen molar-refractivity contribution < 1.29 is 18.3 Å². The van der Waals surface area contributed by atoms with Crippen LogP contribution in [0.3, 0.4) is 0 Å². The largest absolute Gasteiger partial charge is 0.435 e. The average Bonchev–Trinajstić information content (AvgIpc) is 2.26. The van der Waals surface area contributed by atoms with Gasteiger partial charge >= 0.3 is 6.61 Å². The molecular formula is C11H14F2N2O2. The summed E-state index contributed by atoms with van der Waals surface area (Å²) in [5, 5.41) is 2.96. The number of hydrogen-bond acceptors (Lipinski definition) is 3. The Morgan fingerprint density at radius 3 is 2.47 bits per heavy atom. The van der Waals surface area contributed by atoms with Gasteiger partial charge in [-0.1, -0.05) is 6.92 Å². The third-order valence-corrected chi connectivity index (χ3v) is 2.18. The van der Waals surface area contributed by atoms with Crippen LogP contribution in [0.1, 0.15) is 6.92 Å². The lowest BCUT2D eigenvalue weighted by molar-refractivity contribution is -0.120. The highest BCUT2D eigenvalue weighted by Gasteiger charge is 2.08. The molecule has 1 amide bonds. The van der Waals surface area contributed by atoms with E-state index in [1.807, 2.05) is 0 Å². The molecule has 4 nitrogen and oxygen atoms in total. The number of benzene rings is 1. The highest BCUT2D eigenvalue weighted by Crippen LogP contribution is 2.17. The van der Waals surface area contributed by atoms with Gasteiger partial charge in [-0.3, -0.25) is 4.79 Å². The average molecular weight is 244 g/mol. The smallest absolute Gasteiger partial charge is 0.387 e. The predicted octanol–water partition coefficient (Wildman–Crippen LogP) is 1.82. The van der Waals surface area contributed by atoms with Crippen molar-refractivity contribution in [2.45, 2.75) is 13.5 Å². The highest BCUT2D eigenvalue weighted by molar-refractivity contribution is 5.76. The topological polar surface area (TPSA) is 64.3 Å². The van der Waals surface area contributed by atoms with Gasteiger partial charge in [-0.2, -0.15) is 8.78 Å². The second kappa shape index (κ2) is 6.03. The molecule has 0 saturated carbocycles. The van der Waals surface area contributed by atoms with E-state index in [0.29, 0.717) is 12.2 Å². The number of carbonyl (C=O) groups is 1. The fourth-order valence-electron chi connectivity index (χ4n) is 1.13. The van der Waals surface area contributed by atoms with Crippen molar-refractivity contribution >= 4 is 11.6 Å². The van der Waals surface area contributed by atoms with E-state index in [4.69, 9.17) is 5.73 Å². The molecular weight excluding hydrogens is 230 g/mol. The van der Waals surface area contributed by atoms with Gasteiger partial charge in [0.2, 0.25) is 5.91 Å². The van der Waals surface area contributed by atoms with E-state index in [1.54, 1.807) is 19.1 Å².